The summed E-state index contributed by atoms with van der Waals surface area (Å²) in [6.45, 7) is 4.54. The molecule has 1 fully saturated rings. The topological polar surface area (TPSA) is 40.6 Å². The van der Waals surface area contributed by atoms with Crippen LogP contribution in [0.3, 0.4) is 0 Å². The number of halogens is 2. The molecule has 0 aromatic heterocycles. The molecule has 2 rings (SSSR count). The molecular formula is C14H16BrClN2O2. The van der Waals surface area contributed by atoms with Crippen LogP contribution in [0.2, 0.25) is 5.02 Å². The molecule has 6 heteroatoms. The molecule has 4 nitrogen and oxygen atoms in total. The van der Waals surface area contributed by atoms with Crippen molar-refractivity contribution in [1.82, 2.24) is 9.80 Å². The van der Waals surface area contributed by atoms with E-state index in [1.807, 2.05) is 0 Å². The molecule has 108 valence electrons. The number of carbonyl (C=O) groups is 2. The van der Waals surface area contributed by atoms with Crippen molar-refractivity contribution in [3.8, 4) is 0 Å². The average molecular weight is 360 g/mol. The van der Waals surface area contributed by atoms with Gasteiger partial charge < -0.3 is 9.80 Å². The van der Waals surface area contributed by atoms with Gasteiger partial charge in [-0.15, -0.1) is 0 Å². The molecule has 0 saturated carbocycles. The molecule has 0 atom stereocenters. The van der Waals surface area contributed by atoms with Gasteiger partial charge in [-0.05, 0) is 41.9 Å². The maximum atomic E-state index is 12.7. The summed E-state index contributed by atoms with van der Waals surface area (Å²) in [5.74, 6) is -0.286. The molecule has 1 saturated heterocycles. The largest absolute Gasteiger partial charge is 0.342 e. The van der Waals surface area contributed by atoms with Gasteiger partial charge in [-0.3, -0.25) is 9.59 Å². The van der Waals surface area contributed by atoms with Crippen LogP contribution in [0.25, 0.3) is 0 Å². The Kier molecular flexibility index (Phi) is 4.12. The lowest BCUT2D eigenvalue weighted by molar-refractivity contribution is -0.144. The van der Waals surface area contributed by atoms with E-state index >= 15 is 0 Å². The zero-order valence-electron chi connectivity index (χ0n) is 11.6. The Hall–Kier alpha value is -1.07. The predicted octanol–water partition coefficient (Wildman–Crippen LogP) is 2.80. The number of piperazine rings is 1. The van der Waals surface area contributed by atoms with E-state index in [0.29, 0.717) is 28.1 Å². The van der Waals surface area contributed by atoms with Crippen LogP contribution < -0.4 is 0 Å². The van der Waals surface area contributed by atoms with Gasteiger partial charge in [0.15, 0.2) is 0 Å². The van der Waals surface area contributed by atoms with Crippen molar-refractivity contribution < 1.29 is 9.59 Å². The van der Waals surface area contributed by atoms with Crippen molar-refractivity contribution in [3.05, 3.63) is 33.3 Å². The first kappa shape index (κ1) is 15.3. The first-order valence-corrected chi connectivity index (χ1v) is 7.45. The smallest absolute Gasteiger partial charge is 0.256 e. The molecule has 0 bridgehead atoms. The van der Waals surface area contributed by atoms with E-state index in [1.54, 1.807) is 48.9 Å². The standard InChI is InChI=1S/C14H16BrClN2O2/c1-14(2)13(20)17(3)7-8-18(14)12(19)9-5-4-6-10(15)11(9)16/h4-6H,7-8H2,1-3H3. The summed E-state index contributed by atoms with van der Waals surface area (Å²) in [6.07, 6.45) is 0. The fourth-order valence-electron chi connectivity index (χ4n) is 2.38. The molecule has 0 unspecified atom stereocenters. The van der Waals surface area contributed by atoms with Crippen molar-refractivity contribution in [2.45, 2.75) is 19.4 Å². The van der Waals surface area contributed by atoms with E-state index in [-0.39, 0.29) is 11.8 Å². The Morgan fingerprint density at radius 2 is 2.00 bits per heavy atom. The summed E-state index contributed by atoms with van der Waals surface area (Å²) in [7, 11) is 1.75. The van der Waals surface area contributed by atoms with Gasteiger partial charge in [0.2, 0.25) is 5.91 Å². The number of hydrogen-bond acceptors (Lipinski definition) is 2. The maximum absolute atomic E-state index is 12.7. The molecule has 20 heavy (non-hydrogen) atoms. The summed E-state index contributed by atoms with van der Waals surface area (Å²) < 4.78 is 0.670. The van der Waals surface area contributed by atoms with Gasteiger partial charge in [0.1, 0.15) is 5.54 Å². The van der Waals surface area contributed by atoms with Crippen molar-refractivity contribution >= 4 is 39.3 Å². The highest BCUT2D eigenvalue weighted by Gasteiger charge is 2.43. The minimum Gasteiger partial charge on any atom is -0.342 e. The maximum Gasteiger partial charge on any atom is 0.256 e. The summed E-state index contributed by atoms with van der Waals surface area (Å²) in [5.41, 5.74) is -0.457. The minimum atomic E-state index is -0.865. The van der Waals surface area contributed by atoms with Gasteiger partial charge in [0.25, 0.3) is 5.91 Å². The Bertz CT molecular complexity index is 574. The van der Waals surface area contributed by atoms with Gasteiger partial charge >= 0.3 is 0 Å². The summed E-state index contributed by atoms with van der Waals surface area (Å²) >= 11 is 9.49. The number of amides is 2. The summed E-state index contributed by atoms with van der Waals surface area (Å²) in [4.78, 5) is 28.2. The lowest BCUT2D eigenvalue weighted by Crippen LogP contribution is -2.63. The van der Waals surface area contributed by atoms with Gasteiger partial charge in [-0.25, -0.2) is 0 Å². The number of hydrogen-bond donors (Lipinski definition) is 0. The fraction of sp³-hybridized carbons (Fsp3) is 0.429. The van der Waals surface area contributed by atoms with Crippen molar-refractivity contribution in [1.29, 1.82) is 0 Å². The molecule has 1 aromatic rings. The lowest BCUT2D eigenvalue weighted by atomic mass is 9.96. The van der Waals surface area contributed by atoms with E-state index in [4.69, 9.17) is 11.6 Å². The van der Waals surface area contributed by atoms with Crippen LogP contribution in [0.4, 0.5) is 0 Å². The van der Waals surface area contributed by atoms with Gasteiger partial charge in [0, 0.05) is 24.6 Å². The number of benzene rings is 1. The van der Waals surface area contributed by atoms with Crippen LogP contribution in [0, 0.1) is 0 Å². The van der Waals surface area contributed by atoms with Crippen LogP contribution in [-0.4, -0.2) is 47.3 Å². The zero-order valence-corrected chi connectivity index (χ0v) is 14.0. The molecule has 2 amide bonds. The second-order valence-corrected chi connectivity index (χ2v) is 6.58. The van der Waals surface area contributed by atoms with Crippen molar-refractivity contribution in [3.63, 3.8) is 0 Å². The number of likely N-dealkylation sites (N-methyl/N-ethyl adjacent to an activating group) is 1. The highest BCUT2D eigenvalue weighted by molar-refractivity contribution is 9.10. The molecule has 1 aromatic carbocycles. The Morgan fingerprint density at radius 3 is 2.65 bits per heavy atom. The highest BCUT2D eigenvalue weighted by atomic mass is 79.9. The van der Waals surface area contributed by atoms with E-state index in [9.17, 15) is 9.59 Å². The Labute approximate surface area is 131 Å². The quantitative estimate of drug-likeness (QED) is 0.773. The van der Waals surface area contributed by atoms with E-state index in [2.05, 4.69) is 15.9 Å². The normalized spacial score (nSPS) is 18.4. The molecular weight excluding hydrogens is 344 g/mol. The average Bonchev–Trinajstić information content (AvgIpc) is 2.39. The summed E-state index contributed by atoms with van der Waals surface area (Å²) in [6, 6.07) is 5.21. The second-order valence-electron chi connectivity index (χ2n) is 5.34. The van der Waals surface area contributed by atoms with Crippen LogP contribution in [0.1, 0.15) is 24.2 Å². The number of nitrogens with zero attached hydrogens (tertiary/aromatic N) is 2. The molecule has 0 N–H and O–H groups in total. The second kappa shape index (κ2) is 5.37. The number of rotatable bonds is 1. The predicted molar refractivity (Wildman–Crippen MR) is 81.9 cm³/mol. The van der Waals surface area contributed by atoms with Gasteiger partial charge in [-0.1, -0.05) is 17.7 Å². The summed E-state index contributed by atoms with van der Waals surface area (Å²) in [5, 5.41) is 0.375. The number of carbonyl (C=O) groups excluding carboxylic acids is 2. The molecule has 1 aliphatic heterocycles. The third kappa shape index (κ3) is 2.44. The monoisotopic (exact) mass is 358 g/mol. The van der Waals surface area contributed by atoms with E-state index in [1.165, 1.54) is 0 Å². The zero-order chi connectivity index (χ0) is 15.1. The molecule has 0 aliphatic carbocycles. The van der Waals surface area contributed by atoms with E-state index < -0.39 is 5.54 Å². The first-order valence-electron chi connectivity index (χ1n) is 6.28. The van der Waals surface area contributed by atoms with Crippen molar-refractivity contribution in [2.75, 3.05) is 20.1 Å². The minimum absolute atomic E-state index is 0.0665. The fourth-order valence-corrected chi connectivity index (χ4v) is 2.96. The van der Waals surface area contributed by atoms with Gasteiger partial charge in [-0.2, -0.15) is 0 Å². The van der Waals surface area contributed by atoms with Crippen LogP contribution >= 0.6 is 27.5 Å². The van der Waals surface area contributed by atoms with Crippen LogP contribution in [-0.2, 0) is 4.79 Å². The molecule has 0 spiro atoms. The highest BCUT2D eigenvalue weighted by Crippen LogP contribution is 2.30. The third-order valence-corrected chi connectivity index (χ3v) is 4.93. The first-order chi connectivity index (χ1) is 9.26. The molecule has 1 aliphatic rings. The molecule has 0 radical (unpaired) electrons. The van der Waals surface area contributed by atoms with Crippen LogP contribution in [0.5, 0.6) is 0 Å². The van der Waals surface area contributed by atoms with E-state index in [0.717, 1.165) is 0 Å². The lowest BCUT2D eigenvalue weighted by Gasteiger charge is -2.44. The third-order valence-electron chi connectivity index (χ3n) is 3.63. The van der Waals surface area contributed by atoms with Crippen molar-refractivity contribution in [2.24, 2.45) is 0 Å². The van der Waals surface area contributed by atoms with Crippen LogP contribution in [0.15, 0.2) is 22.7 Å². The SMILES string of the molecule is CN1CCN(C(=O)c2cccc(Br)c2Cl)C(C)(C)C1=O. The molecule has 1 heterocycles. The Morgan fingerprint density at radius 1 is 1.35 bits per heavy atom. The van der Waals surface area contributed by atoms with Gasteiger partial charge in [0.05, 0.1) is 10.6 Å². The Balaban J connectivity index is 2.38.